The van der Waals surface area contributed by atoms with Crippen molar-refractivity contribution < 1.29 is 9.66 Å². The van der Waals surface area contributed by atoms with Crippen LogP contribution in [0, 0.1) is 10.1 Å². The molecular weight excluding hydrogens is 413 g/mol. The SMILES string of the molecule is O=[N+]([O-])c1ccc(Oc2ccc(Br)cc2Br)cc1CCl. The molecule has 104 valence electrons. The van der Waals surface area contributed by atoms with Crippen molar-refractivity contribution in [2.75, 3.05) is 0 Å². The van der Waals surface area contributed by atoms with E-state index in [0.29, 0.717) is 17.1 Å². The predicted molar refractivity (Wildman–Crippen MR) is 84.6 cm³/mol. The van der Waals surface area contributed by atoms with Crippen LogP contribution in [0.15, 0.2) is 45.3 Å². The van der Waals surface area contributed by atoms with Crippen molar-refractivity contribution in [3.05, 3.63) is 61.0 Å². The van der Waals surface area contributed by atoms with Crippen LogP contribution in [0.4, 0.5) is 5.69 Å². The Morgan fingerprint density at radius 3 is 2.55 bits per heavy atom. The van der Waals surface area contributed by atoms with Gasteiger partial charge in [-0.25, -0.2) is 0 Å². The fourth-order valence-electron chi connectivity index (χ4n) is 1.60. The maximum Gasteiger partial charge on any atom is 0.274 e. The number of nitrogens with zero attached hydrogens (tertiary/aromatic N) is 1. The summed E-state index contributed by atoms with van der Waals surface area (Å²) in [6.45, 7) is 0. The molecule has 0 saturated heterocycles. The van der Waals surface area contributed by atoms with Crippen LogP contribution < -0.4 is 4.74 Å². The van der Waals surface area contributed by atoms with Gasteiger partial charge in [-0.05, 0) is 46.3 Å². The van der Waals surface area contributed by atoms with Crippen molar-refractivity contribution >= 4 is 49.1 Å². The average Bonchev–Trinajstić information content (AvgIpc) is 2.41. The van der Waals surface area contributed by atoms with Crippen molar-refractivity contribution in [2.45, 2.75) is 5.88 Å². The predicted octanol–water partition coefficient (Wildman–Crippen LogP) is 5.65. The third kappa shape index (κ3) is 3.50. The monoisotopic (exact) mass is 419 g/mol. The lowest BCUT2D eigenvalue weighted by Crippen LogP contribution is -1.94. The summed E-state index contributed by atoms with van der Waals surface area (Å²) < 4.78 is 7.39. The minimum Gasteiger partial charge on any atom is -0.456 e. The van der Waals surface area contributed by atoms with E-state index in [1.807, 2.05) is 12.1 Å². The summed E-state index contributed by atoms with van der Waals surface area (Å²) in [5, 5.41) is 10.8. The molecule has 2 rings (SSSR count). The van der Waals surface area contributed by atoms with E-state index in [1.165, 1.54) is 6.07 Å². The van der Waals surface area contributed by atoms with E-state index in [2.05, 4.69) is 31.9 Å². The van der Waals surface area contributed by atoms with Gasteiger partial charge >= 0.3 is 0 Å². The first kappa shape index (κ1) is 15.3. The summed E-state index contributed by atoms with van der Waals surface area (Å²) in [5.41, 5.74) is 0.407. The van der Waals surface area contributed by atoms with E-state index in [4.69, 9.17) is 16.3 Å². The van der Waals surface area contributed by atoms with Crippen LogP contribution in [-0.2, 0) is 5.88 Å². The van der Waals surface area contributed by atoms with Gasteiger partial charge in [0.05, 0.1) is 15.3 Å². The number of rotatable bonds is 4. The van der Waals surface area contributed by atoms with Crippen molar-refractivity contribution in [2.24, 2.45) is 0 Å². The minimum absolute atomic E-state index is 0.0118. The Labute approximate surface area is 137 Å². The van der Waals surface area contributed by atoms with Crippen molar-refractivity contribution in [1.82, 2.24) is 0 Å². The van der Waals surface area contributed by atoms with Crippen LogP contribution in [0.1, 0.15) is 5.56 Å². The van der Waals surface area contributed by atoms with Gasteiger partial charge in [0.25, 0.3) is 5.69 Å². The molecule has 0 aromatic heterocycles. The molecule has 0 unspecified atom stereocenters. The van der Waals surface area contributed by atoms with Gasteiger partial charge in [0.2, 0.25) is 0 Å². The Kier molecular flexibility index (Phi) is 5.01. The first-order valence-electron chi connectivity index (χ1n) is 5.47. The Hall–Kier alpha value is -1.11. The van der Waals surface area contributed by atoms with Crippen LogP contribution in [0.25, 0.3) is 0 Å². The molecule has 0 heterocycles. The molecule has 0 radical (unpaired) electrons. The smallest absolute Gasteiger partial charge is 0.274 e. The van der Waals surface area contributed by atoms with Crippen molar-refractivity contribution in [3.63, 3.8) is 0 Å². The van der Waals surface area contributed by atoms with E-state index in [1.54, 1.807) is 18.2 Å². The zero-order valence-corrected chi connectivity index (χ0v) is 13.9. The number of nitro benzene ring substituents is 1. The zero-order chi connectivity index (χ0) is 14.7. The lowest BCUT2D eigenvalue weighted by atomic mass is 10.2. The average molecular weight is 421 g/mol. The summed E-state index contributed by atoms with van der Waals surface area (Å²) >= 11 is 12.5. The molecular formula is C13H8Br2ClNO3. The van der Waals surface area contributed by atoms with Crippen LogP contribution in [0.5, 0.6) is 11.5 Å². The molecule has 20 heavy (non-hydrogen) atoms. The lowest BCUT2D eigenvalue weighted by molar-refractivity contribution is -0.385. The number of nitro groups is 1. The first-order valence-corrected chi connectivity index (χ1v) is 7.59. The molecule has 0 amide bonds. The third-order valence-corrected chi connectivity index (χ3v) is 3.91. The zero-order valence-electron chi connectivity index (χ0n) is 9.98. The number of ether oxygens (including phenoxy) is 1. The van der Waals surface area contributed by atoms with Crippen molar-refractivity contribution in [1.29, 1.82) is 0 Å². The molecule has 0 fully saturated rings. The molecule has 0 aliphatic carbocycles. The second kappa shape index (κ2) is 6.56. The molecule has 7 heteroatoms. The summed E-state index contributed by atoms with van der Waals surface area (Å²) in [7, 11) is 0. The number of hydrogen-bond acceptors (Lipinski definition) is 3. The van der Waals surface area contributed by atoms with Crippen LogP contribution in [0.3, 0.4) is 0 Å². The van der Waals surface area contributed by atoms with Gasteiger partial charge in [0.1, 0.15) is 11.5 Å². The van der Waals surface area contributed by atoms with Gasteiger partial charge in [0, 0.05) is 16.1 Å². The number of hydrogen-bond donors (Lipinski definition) is 0. The standard InChI is InChI=1S/C13H8Br2ClNO3/c14-9-1-4-13(11(15)6-9)20-10-2-3-12(17(18)19)8(5-10)7-16/h1-6H,7H2. The van der Waals surface area contributed by atoms with Crippen LogP contribution in [-0.4, -0.2) is 4.92 Å². The summed E-state index contributed by atoms with van der Waals surface area (Å²) in [6.07, 6.45) is 0. The van der Waals surface area contributed by atoms with Gasteiger partial charge in [-0.15, -0.1) is 11.6 Å². The Morgan fingerprint density at radius 2 is 1.95 bits per heavy atom. The van der Waals surface area contributed by atoms with E-state index >= 15 is 0 Å². The fraction of sp³-hybridized carbons (Fsp3) is 0.0769. The number of halogens is 3. The van der Waals surface area contributed by atoms with Gasteiger partial charge in [-0.2, -0.15) is 0 Å². The van der Waals surface area contributed by atoms with E-state index < -0.39 is 4.92 Å². The third-order valence-electron chi connectivity index (χ3n) is 2.51. The van der Waals surface area contributed by atoms with E-state index in [9.17, 15) is 10.1 Å². The van der Waals surface area contributed by atoms with E-state index in [0.717, 1.165) is 8.95 Å². The fourth-order valence-corrected chi connectivity index (χ4v) is 2.94. The van der Waals surface area contributed by atoms with Gasteiger partial charge in [-0.1, -0.05) is 15.9 Å². The minimum atomic E-state index is -0.461. The maximum atomic E-state index is 10.8. The van der Waals surface area contributed by atoms with Crippen molar-refractivity contribution in [3.8, 4) is 11.5 Å². The normalized spacial score (nSPS) is 10.3. The number of alkyl halides is 1. The molecule has 0 saturated carbocycles. The van der Waals surface area contributed by atoms with E-state index in [-0.39, 0.29) is 11.6 Å². The molecule has 0 N–H and O–H groups in total. The quantitative estimate of drug-likeness (QED) is 0.364. The van der Waals surface area contributed by atoms with Crippen LogP contribution >= 0.6 is 43.5 Å². The summed E-state index contributed by atoms with van der Waals surface area (Å²) in [4.78, 5) is 10.4. The summed E-state index contributed by atoms with van der Waals surface area (Å²) in [5.74, 6) is 1.16. The van der Waals surface area contributed by atoms with Gasteiger partial charge < -0.3 is 4.74 Å². The molecule has 4 nitrogen and oxygen atoms in total. The van der Waals surface area contributed by atoms with Crippen LogP contribution in [0.2, 0.25) is 0 Å². The number of benzene rings is 2. The molecule has 2 aromatic rings. The van der Waals surface area contributed by atoms with Gasteiger partial charge in [-0.3, -0.25) is 10.1 Å². The Balaban J connectivity index is 2.32. The topological polar surface area (TPSA) is 52.4 Å². The first-order chi connectivity index (χ1) is 9.51. The highest BCUT2D eigenvalue weighted by Gasteiger charge is 2.14. The maximum absolute atomic E-state index is 10.8. The lowest BCUT2D eigenvalue weighted by Gasteiger charge is -2.09. The molecule has 0 spiro atoms. The molecule has 0 aliphatic rings. The summed E-state index contributed by atoms with van der Waals surface area (Å²) in [6, 6.07) is 9.98. The molecule has 0 atom stereocenters. The molecule has 0 bridgehead atoms. The van der Waals surface area contributed by atoms with Gasteiger partial charge in [0.15, 0.2) is 0 Å². The molecule has 2 aromatic carbocycles. The highest BCUT2D eigenvalue weighted by molar-refractivity contribution is 9.11. The Morgan fingerprint density at radius 1 is 1.20 bits per heavy atom. The largest absolute Gasteiger partial charge is 0.456 e. The second-order valence-corrected chi connectivity index (χ2v) is 5.90. The Bertz CT molecular complexity index is 664. The second-order valence-electron chi connectivity index (χ2n) is 3.86. The molecule has 0 aliphatic heterocycles. The highest BCUT2D eigenvalue weighted by Crippen LogP contribution is 2.34. The highest BCUT2D eigenvalue weighted by atomic mass is 79.9.